The van der Waals surface area contributed by atoms with Crippen LogP contribution >= 0.6 is 0 Å². The average Bonchev–Trinajstić information content (AvgIpc) is 2.86. The van der Waals surface area contributed by atoms with Crippen LogP contribution in [0.3, 0.4) is 0 Å². The zero-order valence-corrected chi connectivity index (χ0v) is 15.2. The van der Waals surface area contributed by atoms with Gasteiger partial charge in [-0.3, -0.25) is 9.59 Å². The largest absolute Gasteiger partial charge is 0.490 e. The first-order valence-electron chi connectivity index (χ1n) is 8.70. The van der Waals surface area contributed by atoms with E-state index in [0.717, 1.165) is 22.4 Å². The van der Waals surface area contributed by atoms with Crippen LogP contribution in [0.2, 0.25) is 0 Å². The number of carbonyl (C=O) groups excluding carboxylic acids is 1. The number of rotatable bonds is 4. The first kappa shape index (κ1) is 18.0. The van der Waals surface area contributed by atoms with E-state index >= 15 is 0 Å². The fourth-order valence-corrected chi connectivity index (χ4v) is 2.85. The lowest BCUT2D eigenvalue weighted by Gasteiger charge is -2.23. The molecule has 0 saturated heterocycles. The van der Waals surface area contributed by atoms with Crippen molar-refractivity contribution in [3.05, 3.63) is 51.9 Å². The second kappa shape index (κ2) is 7.59. The molecule has 0 radical (unpaired) electrons. The predicted molar refractivity (Wildman–Crippen MR) is 96.6 cm³/mol. The van der Waals surface area contributed by atoms with Crippen molar-refractivity contribution in [2.24, 2.45) is 13.0 Å². The molecule has 1 aromatic heterocycles. The number of aromatic nitrogens is 2. The first-order valence-corrected chi connectivity index (χ1v) is 8.70. The average molecular weight is 357 g/mol. The van der Waals surface area contributed by atoms with Crippen molar-refractivity contribution in [2.45, 2.75) is 26.3 Å². The maximum Gasteiger partial charge on any atom is 0.272 e. The van der Waals surface area contributed by atoms with Crippen molar-refractivity contribution in [1.82, 2.24) is 15.1 Å². The molecule has 0 spiro atoms. The number of nitrogens with one attached hydrogen (secondary N) is 1. The van der Waals surface area contributed by atoms with Crippen molar-refractivity contribution in [2.75, 3.05) is 13.2 Å². The summed E-state index contributed by atoms with van der Waals surface area (Å²) < 4.78 is 12.6. The van der Waals surface area contributed by atoms with Gasteiger partial charge in [0.25, 0.3) is 11.5 Å². The summed E-state index contributed by atoms with van der Waals surface area (Å²) in [6.07, 6.45) is 0.840. The molecule has 3 rings (SSSR count). The van der Waals surface area contributed by atoms with Gasteiger partial charge in [-0.2, -0.15) is 5.10 Å². The molecular formula is C19H23N3O4. The van der Waals surface area contributed by atoms with Gasteiger partial charge in [-0.05, 0) is 29.7 Å². The maximum absolute atomic E-state index is 12.6. The van der Waals surface area contributed by atoms with Gasteiger partial charge in [0.1, 0.15) is 5.69 Å². The summed E-state index contributed by atoms with van der Waals surface area (Å²) in [5, 5.41) is 7.01. The Bertz CT molecular complexity index is 860. The summed E-state index contributed by atoms with van der Waals surface area (Å²) in [5.41, 5.74) is 0.874. The standard InChI is InChI=1S/C19H23N3O4/c1-12(2)18(20-19(24)14-6-8-17(23)22(3)21-14)13-5-7-15-16(11-13)26-10-4-9-25-15/h5-8,11-12,18H,4,9-10H2,1-3H3,(H,20,24)/t18-/m1/s1. The molecule has 2 aromatic rings. The van der Waals surface area contributed by atoms with E-state index < -0.39 is 0 Å². The Morgan fingerprint density at radius 3 is 2.58 bits per heavy atom. The van der Waals surface area contributed by atoms with Gasteiger partial charge in [0.05, 0.1) is 19.3 Å². The van der Waals surface area contributed by atoms with Gasteiger partial charge >= 0.3 is 0 Å². The second-order valence-corrected chi connectivity index (χ2v) is 6.63. The molecule has 0 aliphatic carbocycles. The fraction of sp³-hybridized carbons (Fsp3) is 0.421. The molecule has 1 atom stereocenters. The molecule has 0 bridgehead atoms. The minimum absolute atomic E-state index is 0.149. The molecule has 2 heterocycles. The van der Waals surface area contributed by atoms with Gasteiger partial charge in [-0.1, -0.05) is 19.9 Å². The van der Waals surface area contributed by atoms with Gasteiger partial charge in [0.15, 0.2) is 11.5 Å². The van der Waals surface area contributed by atoms with Crippen LogP contribution in [0.4, 0.5) is 0 Å². The lowest BCUT2D eigenvalue weighted by atomic mass is 9.95. The molecule has 138 valence electrons. The molecule has 0 fully saturated rings. The number of aryl methyl sites for hydroxylation is 1. The van der Waals surface area contributed by atoms with Gasteiger partial charge in [-0.25, -0.2) is 4.68 Å². The van der Waals surface area contributed by atoms with Crippen molar-refractivity contribution >= 4 is 5.91 Å². The Kier molecular flexibility index (Phi) is 5.25. The van der Waals surface area contributed by atoms with Gasteiger partial charge in [-0.15, -0.1) is 0 Å². The Morgan fingerprint density at radius 2 is 1.88 bits per heavy atom. The monoisotopic (exact) mass is 357 g/mol. The Labute approximate surface area is 151 Å². The molecule has 26 heavy (non-hydrogen) atoms. The van der Waals surface area contributed by atoms with E-state index in [4.69, 9.17) is 9.47 Å². The third kappa shape index (κ3) is 3.87. The van der Waals surface area contributed by atoms with Crippen LogP contribution in [0.15, 0.2) is 35.1 Å². The van der Waals surface area contributed by atoms with E-state index in [0.29, 0.717) is 19.0 Å². The number of hydrogen-bond acceptors (Lipinski definition) is 5. The van der Waals surface area contributed by atoms with Crippen LogP contribution < -0.4 is 20.3 Å². The van der Waals surface area contributed by atoms with Crippen molar-refractivity contribution in [1.29, 1.82) is 0 Å². The van der Waals surface area contributed by atoms with Gasteiger partial charge < -0.3 is 14.8 Å². The predicted octanol–water partition coefficient (Wildman–Crippen LogP) is 2.07. The minimum atomic E-state index is -0.327. The molecule has 1 aliphatic rings. The van der Waals surface area contributed by atoms with Crippen molar-refractivity contribution in [3.63, 3.8) is 0 Å². The van der Waals surface area contributed by atoms with Crippen LogP contribution in [-0.2, 0) is 7.05 Å². The summed E-state index contributed by atoms with van der Waals surface area (Å²) >= 11 is 0. The van der Waals surface area contributed by atoms with E-state index in [1.54, 1.807) is 0 Å². The SMILES string of the molecule is CC(C)[C@@H](NC(=O)c1ccc(=O)n(C)n1)c1ccc2c(c1)OCCCO2. The van der Waals surface area contributed by atoms with Crippen LogP contribution in [0.25, 0.3) is 0 Å². The van der Waals surface area contributed by atoms with Gasteiger partial charge in [0.2, 0.25) is 0 Å². The topological polar surface area (TPSA) is 82.5 Å². The van der Waals surface area contributed by atoms with Crippen molar-refractivity contribution in [3.8, 4) is 11.5 Å². The summed E-state index contributed by atoms with van der Waals surface area (Å²) in [5.74, 6) is 1.24. The molecule has 1 amide bonds. The van der Waals surface area contributed by atoms with E-state index in [9.17, 15) is 9.59 Å². The van der Waals surface area contributed by atoms with E-state index in [2.05, 4.69) is 10.4 Å². The second-order valence-electron chi connectivity index (χ2n) is 6.63. The lowest BCUT2D eigenvalue weighted by molar-refractivity contribution is 0.0918. The first-order chi connectivity index (χ1) is 12.5. The molecular weight excluding hydrogens is 334 g/mol. The molecule has 1 aromatic carbocycles. The molecule has 1 N–H and O–H groups in total. The number of fused-ring (bicyclic) bond motifs is 1. The number of hydrogen-bond donors (Lipinski definition) is 1. The highest BCUT2D eigenvalue weighted by Crippen LogP contribution is 2.34. The summed E-state index contributed by atoms with van der Waals surface area (Å²) in [6, 6.07) is 8.27. The molecule has 0 saturated carbocycles. The van der Waals surface area contributed by atoms with Gasteiger partial charge in [0, 0.05) is 19.5 Å². The van der Waals surface area contributed by atoms with Crippen LogP contribution in [0.5, 0.6) is 11.5 Å². The zero-order chi connectivity index (χ0) is 18.7. The summed E-state index contributed by atoms with van der Waals surface area (Å²) in [4.78, 5) is 24.0. The smallest absolute Gasteiger partial charge is 0.272 e. The van der Waals surface area contributed by atoms with Crippen LogP contribution in [0, 0.1) is 5.92 Å². The normalized spacial score (nSPS) is 14.6. The molecule has 0 unspecified atom stereocenters. The number of benzene rings is 1. The quantitative estimate of drug-likeness (QED) is 0.906. The third-order valence-electron chi connectivity index (χ3n) is 4.28. The molecule has 7 heteroatoms. The maximum atomic E-state index is 12.6. The van der Waals surface area contributed by atoms with E-state index in [1.165, 1.54) is 19.2 Å². The molecule has 7 nitrogen and oxygen atoms in total. The number of ether oxygens (including phenoxy) is 2. The Balaban J connectivity index is 1.85. The fourth-order valence-electron chi connectivity index (χ4n) is 2.85. The Morgan fingerprint density at radius 1 is 1.15 bits per heavy atom. The van der Waals surface area contributed by atoms with Crippen LogP contribution in [-0.4, -0.2) is 28.9 Å². The highest BCUT2D eigenvalue weighted by Gasteiger charge is 2.22. The minimum Gasteiger partial charge on any atom is -0.490 e. The number of amides is 1. The third-order valence-corrected chi connectivity index (χ3v) is 4.28. The number of carbonyl (C=O) groups is 1. The lowest BCUT2D eigenvalue weighted by Crippen LogP contribution is -2.33. The van der Waals surface area contributed by atoms with E-state index in [-0.39, 0.29) is 29.1 Å². The molecule has 1 aliphatic heterocycles. The Hall–Kier alpha value is -2.83. The van der Waals surface area contributed by atoms with Crippen LogP contribution in [0.1, 0.15) is 42.4 Å². The summed E-state index contributed by atoms with van der Waals surface area (Å²) in [6.45, 7) is 5.30. The van der Waals surface area contributed by atoms with Crippen molar-refractivity contribution < 1.29 is 14.3 Å². The van der Waals surface area contributed by atoms with E-state index in [1.807, 2.05) is 32.0 Å². The summed E-state index contributed by atoms with van der Waals surface area (Å²) in [7, 11) is 1.52. The number of nitrogens with zero attached hydrogens (tertiary/aromatic N) is 2. The highest BCUT2D eigenvalue weighted by atomic mass is 16.5. The zero-order valence-electron chi connectivity index (χ0n) is 15.2. The highest BCUT2D eigenvalue weighted by molar-refractivity contribution is 5.92.